The Balaban J connectivity index is 1.47. The van der Waals surface area contributed by atoms with Gasteiger partial charge in [-0.25, -0.2) is 0 Å². The summed E-state index contributed by atoms with van der Waals surface area (Å²) in [5, 5.41) is 3.80. The zero-order chi connectivity index (χ0) is 19.4. The van der Waals surface area contributed by atoms with Crippen LogP contribution in [0.4, 0.5) is 5.69 Å². The van der Waals surface area contributed by atoms with Gasteiger partial charge in [0.25, 0.3) is 5.91 Å². The first-order valence-electron chi connectivity index (χ1n) is 8.11. The van der Waals surface area contributed by atoms with Crippen molar-refractivity contribution in [1.29, 1.82) is 0 Å². The summed E-state index contributed by atoms with van der Waals surface area (Å²) in [5.41, 5.74) is 6.71. The van der Waals surface area contributed by atoms with E-state index in [9.17, 15) is 4.79 Å². The molecule has 0 fully saturated rings. The normalized spacial score (nSPS) is 12.9. The molecule has 7 nitrogen and oxygen atoms in total. The summed E-state index contributed by atoms with van der Waals surface area (Å²) in [4.78, 5) is 12.2. The Kier molecular flexibility index (Phi) is 5.88. The molecule has 1 aliphatic rings. The number of halogens is 1. The number of aryl methyl sites for hydroxylation is 1. The summed E-state index contributed by atoms with van der Waals surface area (Å²) in [7, 11) is 0. The average Bonchev–Trinajstić information content (AvgIpc) is 3.10. The molecule has 3 N–H and O–H groups in total. The van der Waals surface area contributed by atoms with Gasteiger partial charge >= 0.3 is 0 Å². The van der Waals surface area contributed by atoms with Gasteiger partial charge in [0.1, 0.15) is 5.75 Å². The van der Waals surface area contributed by atoms with Gasteiger partial charge in [-0.3, -0.25) is 15.6 Å². The number of carbonyl (C=O) groups is 1. The topological polar surface area (TPSA) is 80.9 Å². The maximum atomic E-state index is 12.2. The summed E-state index contributed by atoms with van der Waals surface area (Å²) < 4.78 is 16.2. The molecule has 0 radical (unpaired) electrons. The number of hydrogen-bond acceptors (Lipinski definition) is 5. The lowest BCUT2D eigenvalue weighted by Crippen LogP contribution is -2.48. The summed E-state index contributed by atoms with van der Waals surface area (Å²) in [6.45, 7) is 3.69. The SMILES string of the molecule is Cc1cc(O[C@H](C)C(=O)NNC(=S)Nc2ccc3c(c2)OCO3)ccc1Cl. The van der Waals surface area contributed by atoms with Gasteiger partial charge in [-0.15, -0.1) is 0 Å². The van der Waals surface area contributed by atoms with E-state index in [2.05, 4.69) is 16.2 Å². The van der Waals surface area contributed by atoms with E-state index in [1.807, 2.05) is 6.92 Å². The van der Waals surface area contributed by atoms with Crippen molar-refractivity contribution in [2.24, 2.45) is 0 Å². The van der Waals surface area contributed by atoms with Crippen molar-refractivity contribution in [1.82, 2.24) is 10.9 Å². The molecular weight excluding hydrogens is 390 g/mol. The van der Waals surface area contributed by atoms with E-state index in [1.165, 1.54) is 0 Å². The fourth-order valence-corrected chi connectivity index (χ4v) is 2.59. The molecule has 0 saturated carbocycles. The van der Waals surface area contributed by atoms with Crippen LogP contribution in [0.25, 0.3) is 0 Å². The molecule has 1 amide bonds. The Morgan fingerprint density at radius 1 is 1.19 bits per heavy atom. The highest BCUT2D eigenvalue weighted by Gasteiger charge is 2.16. The van der Waals surface area contributed by atoms with E-state index in [1.54, 1.807) is 43.3 Å². The van der Waals surface area contributed by atoms with Crippen molar-refractivity contribution in [3.63, 3.8) is 0 Å². The number of benzene rings is 2. The summed E-state index contributed by atoms with van der Waals surface area (Å²) in [6, 6.07) is 10.5. The molecule has 1 atom stereocenters. The molecule has 0 spiro atoms. The second kappa shape index (κ2) is 8.32. The van der Waals surface area contributed by atoms with Gasteiger partial charge in [-0.1, -0.05) is 11.6 Å². The molecule has 27 heavy (non-hydrogen) atoms. The zero-order valence-electron chi connectivity index (χ0n) is 14.7. The molecule has 0 unspecified atom stereocenters. The van der Waals surface area contributed by atoms with Crippen LogP contribution in [-0.4, -0.2) is 23.9 Å². The summed E-state index contributed by atoms with van der Waals surface area (Å²) in [5.74, 6) is 1.49. The Hall–Kier alpha value is -2.71. The Bertz CT molecular complexity index is 878. The highest BCUT2D eigenvalue weighted by Crippen LogP contribution is 2.34. The number of anilines is 1. The number of amides is 1. The van der Waals surface area contributed by atoms with Crippen LogP contribution in [0.15, 0.2) is 36.4 Å². The first kappa shape index (κ1) is 19.1. The van der Waals surface area contributed by atoms with Crippen LogP contribution in [0.5, 0.6) is 17.2 Å². The van der Waals surface area contributed by atoms with E-state index in [-0.39, 0.29) is 17.8 Å². The van der Waals surface area contributed by atoms with Crippen molar-refractivity contribution < 1.29 is 19.0 Å². The monoisotopic (exact) mass is 407 g/mol. The third-order valence-electron chi connectivity index (χ3n) is 3.74. The lowest BCUT2D eigenvalue weighted by molar-refractivity contribution is -0.127. The van der Waals surface area contributed by atoms with Crippen LogP contribution >= 0.6 is 23.8 Å². The number of carbonyl (C=O) groups excluding carboxylic acids is 1. The van der Waals surface area contributed by atoms with Crippen LogP contribution in [0.1, 0.15) is 12.5 Å². The highest BCUT2D eigenvalue weighted by atomic mass is 35.5. The lowest BCUT2D eigenvalue weighted by atomic mass is 10.2. The van der Waals surface area contributed by atoms with Crippen LogP contribution in [0.3, 0.4) is 0 Å². The van der Waals surface area contributed by atoms with Crippen molar-refractivity contribution >= 4 is 40.5 Å². The number of hydrogen-bond donors (Lipinski definition) is 3. The van der Waals surface area contributed by atoms with Crippen molar-refractivity contribution in [3.05, 3.63) is 47.0 Å². The summed E-state index contributed by atoms with van der Waals surface area (Å²) in [6.07, 6.45) is -0.730. The third kappa shape index (κ3) is 4.93. The third-order valence-corrected chi connectivity index (χ3v) is 4.37. The summed E-state index contributed by atoms with van der Waals surface area (Å²) >= 11 is 11.1. The van der Waals surface area contributed by atoms with Gasteiger partial charge < -0.3 is 19.5 Å². The second-order valence-electron chi connectivity index (χ2n) is 5.81. The fraction of sp³-hybridized carbons (Fsp3) is 0.222. The quantitative estimate of drug-likeness (QED) is 0.530. The number of hydrazine groups is 1. The van der Waals surface area contributed by atoms with Gasteiger partial charge in [-0.05, 0) is 62.0 Å². The van der Waals surface area contributed by atoms with Gasteiger partial charge in [0.15, 0.2) is 22.7 Å². The molecule has 0 aliphatic carbocycles. The lowest BCUT2D eigenvalue weighted by Gasteiger charge is -2.17. The predicted molar refractivity (Wildman–Crippen MR) is 106 cm³/mol. The van der Waals surface area contributed by atoms with E-state index in [0.29, 0.717) is 28.0 Å². The van der Waals surface area contributed by atoms with Crippen LogP contribution < -0.4 is 30.4 Å². The molecule has 2 aromatic carbocycles. The number of fused-ring (bicyclic) bond motifs is 1. The highest BCUT2D eigenvalue weighted by molar-refractivity contribution is 7.80. The zero-order valence-corrected chi connectivity index (χ0v) is 16.2. The Morgan fingerprint density at radius 2 is 1.96 bits per heavy atom. The smallest absolute Gasteiger partial charge is 0.279 e. The first-order valence-corrected chi connectivity index (χ1v) is 8.90. The van der Waals surface area contributed by atoms with E-state index in [4.69, 9.17) is 38.0 Å². The minimum Gasteiger partial charge on any atom is -0.481 e. The van der Waals surface area contributed by atoms with Crippen LogP contribution in [0.2, 0.25) is 5.02 Å². The van der Waals surface area contributed by atoms with E-state index in [0.717, 1.165) is 5.56 Å². The number of nitrogens with one attached hydrogen (secondary N) is 3. The Morgan fingerprint density at radius 3 is 2.74 bits per heavy atom. The predicted octanol–water partition coefficient (Wildman–Crippen LogP) is 3.16. The average molecular weight is 408 g/mol. The van der Waals surface area contributed by atoms with Gasteiger partial charge in [0, 0.05) is 16.8 Å². The molecule has 2 aromatic rings. The molecule has 0 bridgehead atoms. The number of thiocarbonyl (C=S) groups is 1. The number of ether oxygens (including phenoxy) is 3. The van der Waals surface area contributed by atoms with Crippen molar-refractivity contribution in [2.75, 3.05) is 12.1 Å². The Labute approximate surface area is 166 Å². The number of rotatable bonds is 4. The molecule has 9 heteroatoms. The maximum Gasteiger partial charge on any atom is 0.279 e. The second-order valence-corrected chi connectivity index (χ2v) is 6.62. The maximum absolute atomic E-state index is 12.2. The standard InChI is InChI=1S/C18H18ClN3O4S/c1-10-7-13(4-5-14(10)19)26-11(2)17(23)21-22-18(27)20-12-3-6-15-16(8-12)25-9-24-15/h3-8,11H,9H2,1-2H3,(H,21,23)(H2,20,22,27)/t11-/m1/s1. The van der Waals surface area contributed by atoms with Crippen molar-refractivity contribution in [2.45, 2.75) is 20.0 Å². The largest absolute Gasteiger partial charge is 0.481 e. The molecule has 142 valence electrons. The van der Waals surface area contributed by atoms with Gasteiger partial charge in [0.05, 0.1) is 0 Å². The molecule has 3 rings (SSSR count). The fourth-order valence-electron chi connectivity index (χ4n) is 2.30. The molecule has 0 aromatic heterocycles. The van der Waals surface area contributed by atoms with Gasteiger partial charge in [0.2, 0.25) is 6.79 Å². The molecule has 1 heterocycles. The molecule has 1 aliphatic heterocycles. The molecule has 0 saturated heterocycles. The van der Waals surface area contributed by atoms with Crippen LogP contribution in [-0.2, 0) is 4.79 Å². The van der Waals surface area contributed by atoms with Gasteiger partial charge in [-0.2, -0.15) is 0 Å². The molecular formula is C18H18ClN3O4S. The van der Waals surface area contributed by atoms with E-state index >= 15 is 0 Å². The van der Waals surface area contributed by atoms with E-state index < -0.39 is 6.10 Å². The first-order chi connectivity index (χ1) is 12.9. The van der Waals surface area contributed by atoms with Crippen molar-refractivity contribution in [3.8, 4) is 17.2 Å². The minimum absolute atomic E-state index is 0.197. The van der Waals surface area contributed by atoms with Crippen LogP contribution in [0, 0.1) is 6.92 Å². The minimum atomic E-state index is -0.730.